The van der Waals surface area contributed by atoms with Gasteiger partial charge in [0.1, 0.15) is 18.1 Å². The maximum absolute atomic E-state index is 11.9. The molecule has 132 valence electrons. The van der Waals surface area contributed by atoms with E-state index in [1.165, 1.54) is 13.2 Å². The first kappa shape index (κ1) is 18.8. The second kappa shape index (κ2) is 9.66. The van der Waals surface area contributed by atoms with Crippen molar-refractivity contribution in [1.82, 2.24) is 0 Å². The van der Waals surface area contributed by atoms with Gasteiger partial charge in [-0.2, -0.15) is 0 Å². The van der Waals surface area contributed by atoms with Crippen LogP contribution >= 0.6 is 11.6 Å². The van der Waals surface area contributed by atoms with Crippen LogP contribution in [0.1, 0.15) is 10.4 Å². The molecule has 7 heteroatoms. The third-order valence-corrected chi connectivity index (χ3v) is 3.32. The first-order valence-electron chi connectivity index (χ1n) is 7.44. The molecule has 0 unspecified atom stereocenters. The van der Waals surface area contributed by atoms with Crippen LogP contribution in [0.3, 0.4) is 0 Å². The standard InChI is InChI=1S/C18H17ClO6/c1-22-9-10-23-18(21)13-5-4-6-14(11-13)25-17(20)12-24-16-8-3-2-7-15(16)19/h2-8,11H,9-10,12H2,1H3. The average Bonchev–Trinajstić information content (AvgIpc) is 2.61. The molecule has 0 aromatic heterocycles. The summed E-state index contributed by atoms with van der Waals surface area (Å²) in [5.41, 5.74) is 0.272. The molecule has 0 radical (unpaired) electrons. The number of ether oxygens (including phenoxy) is 4. The van der Waals surface area contributed by atoms with Crippen LogP contribution in [0, 0.1) is 0 Å². The predicted molar refractivity (Wildman–Crippen MR) is 91.2 cm³/mol. The topological polar surface area (TPSA) is 71.1 Å². The molecule has 0 saturated carbocycles. The summed E-state index contributed by atoms with van der Waals surface area (Å²) in [7, 11) is 1.51. The highest BCUT2D eigenvalue weighted by Gasteiger charge is 2.11. The van der Waals surface area contributed by atoms with E-state index in [1.54, 1.807) is 42.5 Å². The molecule has 2 aromatic carbocycles. The van der Waals surface area contributed by atoms with Gasteiger partial charge in [0.15, 0.2) is 6.61 Å². The van der Waals surface area contributed by atoms with Crippen molar-refractivity contribution in [3.8, 4) is 11.5 Å². The van der Waals surface area contributed by atoms with E-state index in [0.29, 0.717) is 17.4 Å². The summed E-state index contributed by atoms with van der Waals surface area (Å²) < 4.78 is 20.3. The van der Waals surface area contributed by atoms with Gasteiger partial charge in [-0.3, -0.25) is 0 Å². The van der Waals surface area contributed by atoms with E-state index in [9.17, 15) is 9.59 Å². The van der Waals surface area contributed by atoms with E-state index in [1.807, 2.05) is 0 Å². The molecule has 0 bridgehead atoms. The number of carbonyl (C=O) groups excluding carboxylic acids is 2. The Balaban J connectivity index is 1.89. The number of carbonyl (C=O) groups is 2. The lowest BCUT2D eigenvalue weighted by Gasteiger charge is -2.09. The lowest BCUT2D eigenvalue weighted by molar-refractivity contribution is -0.136. The highest BCUT2D eigenvalue weighted by Crippen LogP contribution is 2.23. The highest BCUT2D eigenvalue weighted by atomic mass is 35.5. The average molecular weight is 365 g/mol. The number of halogens is 1. The normalized spacial score (nSPS) is 10.2. The Morgan fingerprint density at radius 1 is 1.04 bits per heavy atom. The number of benzene rings is 2. The molecule has 0 aliphatic rings. The fraction of sp³-hybridized carbons (Fsp3) is 0.222. The van der Waals surface area contributed by atoms with Gasteiger partial charge in [-0.05, 0) is 30.3 Å². The molecule has 0 aliphatic carbocycles. The van der Waals surface area contributed by atoms with Gasteiger partial charge < -0.3 is 18.9 Å². The molecule has 6 nitrogen and oxygen atoms in total. The van der Waals surface area contributed by atoms with Crippen molar-refractivity contribution < 1.29 is 28.5 Å². The van der Waals surface area contributed by atoms with Crippen molar-refractivity contribution >= 4 is 23.5 Å². The summed E-state index contributed by atoms with van der Waals surface area (Å²) in [6, 6.07) is 12.9. The summed E-state index contributed by atoms with van der Waals surface area (Å²) in [4.78, 5) is 23.7. The van der Waals surface area contributed by atoms with Crippen LogP contribution in [0.4, 0.5) is 0 Å². The summed E-state index contributed by atoms with van der Waals surface area (Å²) in [5.74, 6) is -0.544. The fourth-order valence-electron chi connectivity index (χ4n) is 1.85. The smallest absolute Gasteiger partial charge is 0.349 e. The van der Waals surface area contributed by atoms with E-state index in [2.05, 4.69) is 0 Å². The molecule has 0 heterocycles. The van der Waals surface area contributed by atoms with Crippen LogP contribution in [0.15, 0.2) is 48.5 Å². The van der Waals surface area contributed by atoms with Gasteiger partial charge in [0, 0.05) is 7.11 Å². The molecule has 0 amide bonds. The molecular weight excluding hydrogens is 348 g/mol. The largest absolute Gasteiger partial charge is 0.480 e. The van der Waals surface area contributed by atoms with Gasteiger partial charge in [-0.1, -0.05) is 29.8 Å². The molecule has 25 heavy (non-hydrogen) atoms. The zero-order valence-electron chi connectivity index (χ0n) is 13.6. The molecule has 0 N–H and O–H groups in total. The maximum atomic E-state index is 11.9. The molecule has 0 aliphatic heterocycles. The van der Waals surface area contributed by atoms with E-state index in [0.717, 1.165) is 0 Å². The summed E-state index contributed by atoms with van der Waals surface area (Å²) in [5, 5.41) is 0.399. The zero-order chi connectivity index (χ0) is 18.1. The number of para-hydroxylation sites is 1. The third-order valence-electron chi connectivity index (χ3n) is 3.00. The Morgan fingerprint density at radius 3 is 2.60 bits per heavy atom. The van der Waals surface area contributed by atoms with Gasteiger partial charge in [0.25, 0.3) is 0 Å². The van der Waals surface area contributed by atoms with Crippen LogP contribution in [0.5, 0.6) is 11.5 Å². The quantitative estimate of drug-likeness (QED) is 0.407. The van der Waals surface area contributed by atoms with E-state index in [-0.39, 0.29) is 24.5 Å². The van der Waals surface area contributed by atoms with Crippen LogP contribution < -0.4 is 9.47 Å². The van der Waals surface area contributed by atoms with Crippen LogP contribution in [0.2, 0.25) is 5.02 Å². The van der Waals surface area contributed by atoms with Gasteiger partial charge >= 0.3 is 11.9 Å². The number of esters is 2. The summed E-state index contributed by atoms with van der Waals surface area (Å²) in [6.45, 7) is 0.136. The van der Waals surface area contributed by atoms with Gasteiger partial charge in [0.2, 0.25) is 0 Å². The number of rotatable bonds is 8. The van der Waals surface area contributed by atoms with Gasteiger partial charge in [-0.15, -0.1) is 0 Å². The monoisotopic (exact) mass is 364 g/mol. The van der Waals surface area contributed by atoms with Crippen molar-refractivity contribution in [2.75, 3.05) is 26.9 Å². The number of methoxy groups -OCH3 is 1. The predicted octanol–water partition coefficient (Wildman–Crippen LogP) is 3.13. The Labute approximate surface area is 150 Å². The second-order valence-electron chi connectivity index (χ2n) is 4.85. The number of hydrogen-bond acceptors (Lipinski definition) is 6. The first-order valence-corrected chi connectivity index (χ1v) is 7.82. The zero-order valence-corrected chi connectivity index (χ0v) is 14.3. The van der Waals surface area contributed by atoms with Crippen molar-refractivity contribution in [3.05, 3.63) is 59.1 Å². The van der Waals surface area contributed by atoms with Crippen LogP contribution in [-0.2, 0) is 14.3 Å². The Morgan fingerprint density at radius 2 is 1.84 bits per heavy atom. The van der Waals surface area contributed by atoms with E-state index >= 15 is 0 Å². The molecule has 0 saturated heterocycles. The summed E-state index contributed by atoms with van der Waals surface area (Å²) in [6.07, 6.45) is 0. The molecule has 0 fully saturated rings. The molecule has 2 aromatic rings. The van der Waals surface area contributed by atoms with Crippen molar-refractivity contribution in [2.45, 2.75) is 0 Å². The first-order chi connectivity index (χ1) is 12.1. The minimum Gasteiger partial charge on any atom is -0.480 e. The summed E-state index contributed by atoms with van der Waals surface area (Å²) >= 11 is 5.94. The molecule has 2 rings (SSSR count). The lowest BCUT2D eigenvalue weighted by atomic mass is 10.2. The third kappa shape index (κ3) is 6.10. The van der Waals surface area contributed by atoms with Crippen molar-refractivity contribution in [2.24, 2.45) is 0 Å². The highest BCUT2D eigenvalue weighted by molar-refractivity contribution is 6.32. The maximum Gasteiger partial charge on any atom is 0.349 e. The minimum absolute atomic E-state index is 0.144. The van der Waals surface area contributed by atoms with E-state index < -0.39 is 11.9 Å². The fourth-order valence-corrected chi connectivity index (χ4v) is 2.04. The number of hydrogen-bond donors (Lipinski definition) is 0. The van der Waals surface area contributed by atoms with Crippen molar-refractivity contribution in [3.63, 3.8) is 0 Å². The Bertz CT molecular complexity index is 731. The minimum atomic E-state index is -0.621. The van der Waals surface area contributed by atoms with E-state index in [4.69, 9.17) is 30.5 Å². The molecule has 0 spiro atoms. The second-order valence-corrected chi connectivity index (χ2v) is 5.26. The molecular formula is C18H17ClO6. The molecule has 0 atom stereocenters. The Hall–Kier alpha value is -2.57. The van der Waals surface area contributed by atoms with Gasteiger partial charge in [-0.25, -0.2) is 9.59 Å². The van der Waals surface area contributed by atoms with Crippen LogP contribution in [-0.4, -0.2) is 38.9 Å². The van der Waals surface area contributed by atoms with Crippen LogP contribution in [0.25, 0.3) is 0 Å². The lowest BCUT2D eigenvalue weighted by Crippen LogP contribution is -2.18. The van der Waals surface area contributed by atoms with Gasteiger partial charge in [0.05, 0.1) is 17.2 Å². The SMILES string of the molecule is COCCOC(=O)c1cccc(OC(=O)COc2ccccc2Cl)c1. The van der Waals surface area contributed by atoms with Crippen molar-refractivity contribution in [1.29, 1.82) is 0 Å². The Kier molecular flexibility index (Phi) is 7.25.